The van der Waals surface area contributed by atoms with Gasteiger partial charge in [0.05, 0.1) is 22.6 Å². The zero-order chi connectivity index (χ0) is 15.4. The Labute approximate surface area is 122 Å². The van der Waals surface area contributed by atoms with Crippen LogP contribution in [0, 0.1) is 10.1 Å². The number of amides is 1. The Morgan fingerprint density at radius 2 is 2.10 bits per heavy atom. The molecule has 1 aromatic rings. The first-order valence-electron chi connectivity index (χ1n) is 6.98. The summed E-state index contributed by atoms with van der Waals surface area (Å²) in [7, 11) is 1.65. The number of nitrogens with one attached hydrogen (secondary N) is 2. The maximum Gasteiger partial charge on any atom is 0.270 e. The highest BCUT2D eigenvalue weighted by Crippen LogP contribution is 2.23. The molecule has 2 unspecified atom stereocenters. The molecule has 0 heterocycles. The van der Waals surface area contributed by atoms with Crippen molar-refractivity contribution in [3.8, 4) is 0 Å². The Kier molecular flexibility index (Phi) is 4.74. The number of rotatable bonds is 4. The van der Waals surface area contributed by atoms with Crippen LogP contribution in [-0.2, 0) is 0 Å². The molecule has 0 radical (unpaired) electrons. The van der Waals surface area contributed by atoms with Crippen molar-refractivity contribution in [3.63, 3.8) is 0 Å². The van der Waals surface area contributed by atoms with Crippen molar-refractivity contribution >= 4 is 17.3 Å². The second-order valence-electron chi connectivity index (χ2n) is 5.17. The van der Waals surface area contributed by atoms with E-state index in [0.717, 1.165) is 19.3 Å². The molecule has 0 aliphatic heterocycles. The lowest BCUT2D eigenvalue weighted by Gasteiger charge is -2.28. The summed E-state index contributed by atoms with van der Waals surface area (Å²) in [6, 6.07) is 3.80. The Hall–Kier alpha value is -2.15. The van der Waals surface area contributed by atoms with Crippen LogP contribution >= 0.6 is 0 Å². The van der Waals surface area contributed by atoms with Gasteiger partial charge < -0.3 is 15.7 Å². The summed E-state index contributed by atoms with van der Waals surface area (Å²) in [6.07, 6.45) is 2.73. The SMILES string of the molecule is CNc1ccc([N+](=O)[O-])cc1C(=O)NC1CCCCC1O. The van der Waals surface area contributed by atoms with Crippen molar-refractivity contribution in [2.24, 2.45) is 0 Å². The zero-order valence-electron chi connectivity index (χ0n) is 11.8. The molecule has 21 heavy (non-hydrogen) atoms. The van der Waals surface area contributed by atoms with Crippen molar-refractivity contribution in [3.05, 3.63) is 33.9 Å². The number of nitro benzene ring substituents is 1. The number of hydrogen-bond donors (Lipinski definition) is 3. The third kappa shape index (κ3) is 3.49. The molecule has 1 saturated carbocycles. The lowest BCUT2D eigenvalue weighted by molar-refractivity contribution is -0.384. The van der Waals surface area contributed by atoms with Crippen LogP contribution in [0.5, 0.6) is 0 Å². The van der Waals surface area contributed by atoms with Gasteiger partial charge in [0.25, 0.3) is 11.6 Å². The van der Waals surface area contributed by atoms with Crippen LogP contribution in [0.1, 0.15) is 36.0 Å². The summed E-state index contributed by atoms with van der Waals surface area (Å²) in [5, 5.41) is 26.3. The van der Waals surface area contributed by atoms with Crippen molar-refractivity contribution in [2.45, 2.75) is 37.8 Å². The van der Waals surface area contributed by atoms with E-state index < -0.39 is 16.9 Å². The molecule has 0 bridgehead atoms. The number of carbonyl (C=O) groups is 1. The van der Waals surface area contributed by atoms with Gasteiger partial charge in [-0.25, -0.2) is 0 Å². The second kappa shape index (κ2) is 6.53. The minimum atomic E-state index is -0.556. The van der Waals surface area contributed by atoms with Crippen molar-refractivity contribution < 1.29 is 14.8 Å². The van der Waals surface area contributed by atoms with Crippen LogP contribution in [0.25, 0.3) is 0 Å². The van der Waals surface area contributed by atoms with Gasteiger partial charge in [0, 0.05) is 24.9 Å². The minimum absolute atomic E-state index is 0.136. The number of aliphatic hydroxyl groups excluding tert-OH is 1. The molecule has 1 amide bonds. The van der Waals surface area contributed by atoms with Gasteiger partial charge in [0.2, 0.25) is 0 Å². The third-order valence-electron chi connectivity index (χ3n) is 3.77. The molecule has 114 valence electrons. The monoisotopic (exact) mass is 293 g/mol. The fraction of sp³-hybridized carbons (Fsp3) is 0.500. The van der Waals surface area contributed by atoms with E-state index in [0.29, 0.717) is 12.1 Å². The van der Waals surface area contributed by atoms with Gasteiger partial charge in [-0.05, 0) is 18.9 Å². The van der Waals surface area contributed by atoms with Gasteiger partial charge in [-0.3, -0.25) is 14.9 Å². The first-order valence-corrected chi connectivity index (χ1v) is 6.98. The molecular formula is C14H19N3O4. The summed E-state index contributed by atoms with van der Waals surface area (Å²) in [4.78, 5) is 22.6. The lowest BCUT2D eigenvalue weighted by atomic mass is 9.92. The third-order valence-corrected chi connectivity index (χ3v) is 3.77. The van der Waals surface area contributed by atoms with E-state index in [1.807, 2.05) is 0 Å². The molecule has 0 aromatic heterocycles. The van der Waals surface area contributed by atoms with E-state index in [4.69, 9.17) is 0 Å². The summed E-state index contributed by atoms with van der Waals surface area (Å²) in [5.41, 5.74) is 0.594. The van der Waals surface area contributed by atoms with Gasteiger partial charge in [-0.2, -0.15) is 0 Å². The highest BCUT2D eigenvalue weighted by atomic mass is 16.6. The van der Waals surface area contributed by atoms with Crippen LogP contribution in [-0.4, -0.2) is 35.1 Å². The maximum atomic E-state index is 12.3. The van der Waals surface area contributed by atoms with Crippen molar-refractivity contribution in [1.29, 1.82) is 0 Å². The topological polar surface area (TPSA) is 105 Å². The van der Waals surface area contributed by atoms with Crippen LogP contribution in [0.4, 0.5) is 11.4 Å². The molecule has 7 heteroatoms. The predicted octanol–water partition coefficient (Wildman–Crippen LogP) is 1.67. The smallest absolute Gasteiger partial charge is 0.270 e. The number of nitrogens with zero attached hydrogens (tertiary/aromatic N) is 1. The standard InChI is InChI=1S/C14H19N3O4/c1-15-11-7-6-9(17(20)21)8-10(11)14(19)16-12-4-2-3-5-13(12)18/h6-8,12-13,15,18H,2-5H2,1H3,(H,16,19). The molecule has 1 aromatic carbocycles. The molecule has 1 aliphatic carbocycles. The Morgan fingerprint density at radius 3 is 2.71 bits per heavy atom. The second-order valence-corrected chi connectivity index (χ2v) is 5.17. The van der Waals surface area contributed by atoms with Crippen molar-refractivity contribution in [1.82, 2.24) is 5.32 Å². The Balaban J connectivity index is 2.20. The van der Waals surface area contributed by atoms with Gasteiger partial charge >= 0.3 is 0 Å². The summed E-state index contributed by atoms with van der Waals surface area (Å²) < 4.78 is 0. The molecule has 7 nitrogen and oxygen atoms in total. The molecule has 1 fully saturated rings. The van der Waals surface area contributed by atoms with E-state index in [2.05, 4.69) is 10.6 Å². The quantitative estimate of drug-likeness (QED) is 0.578. The lowest BCUT2D eigenvalue weighted by Crippen LogP contribution is -2.45. The first-order chi connectivity index (χ1) is 10.0. The summed E-state index contributed by atoms with van der Waals surface area (Å²) in [6.45, 7) is 0. The van der Waals surface area contributed by atoms with Gasteiger partial charge in [-0.15, -0.1) is 0 Å². The van der Waals surface area contributed by atoms with Gasteiger partial charge in [-0.1, -0.05) is 12.8 Å². The largest absolute Gasteiger partial charge is 0.391 e. The number of benzene rings is 1. The van der Waals surface area contributed by atoms with Crippen LogP contribution < -0.4 is 10.6 Å². The van der Waals surface area contributed by atoms with E-state index in [-0.39, 0.29) is 17.3 Å². The molecule has 0 spiro atoms. The zero-order valence-corrected chi connectivity index (χ0v) is 11.8. The van der Waals surface area contributed by atoms with Crippen LogP contribution in [0.3, 0.4) is 0 Å². The van der Waals surface area contributed by atoms with E-state index in [1.165, 1.54) is 18.2 Å². The van der Waals surface area contributed by atoms with E-state index in [1.54, 1.807) is 7.05 Å². The average Bonchev–Trinajstić information content (AvgIpc) is 2.48. The molecule has 3 N–H and O–H groups in total. The molecular weight excluding hydrogens is 274 g/mol. The van der Waals surface area contributed by atoms with Gasteiger partial charge in [0.15, 0.2) is 0 Å². The van der Waals surface area contributed by atoms with Crippen LogP contribution in [0.2, 0.25) is 0 Å². The van der Waals surface area contributed by atoms with Gasteiger partial charge in [0.1, 0.15) is 0 Å². The molecule has 2 rings (SSSR count). The highest BCUT2D eigenvalue weighted by Gasteiger charge is 2.26. The molecule has 2 atom stereocenters. The molecule has 1 aliphatic rings. The van der Waals surface area contributed by atoms with E-state index in [9.17, 15) is 20.0 Å². The first kappa shape index (κ1) is 15.2. The Morgan fingerprint density at radius 1 is 1.38 bits per heavy atom. The highest BCUT2D eigenvalue weighted by molar-refractivity contribution is 6.00. The fourth-order valence-electron chi connectivity index (χ4n) is 2.58. The number of anilines is 1. The number of carbonyl (C=O) groups excluding carboxylic acids is 1. The fourth-order valence-corrected chi connectivity index (χ4v) is 2.58. The maximum absolute atomic E-state index is 12.3. The predicted molar refractivity (Wildman–Crippen MR) is 78.4 cm³/mol. The minimum Gasteiger partial charge on any atom is -0.391 e. The Bertz CT molecular complexity index is 547. The summed E-state index contributed by atoms with van der Waals surface area (Å²) >= 11 is 0. The molecule has 0 saturated heterocycles. The summed E-state index contributed by atoms with van der Waals surface area (Å²) in [5.74, 6) is -0.408. The number of aliphatic hydroxyl groups is 1. The number of nitro groups is 1. The van der Waals surface area contributed by atoms with E-state index >= 15 is 0 Å². The number of hydrogen-bond acceptors (Lipinski definition) is 5. The normalized spacial score (nSPS) is 21.6. The number of non-ortho nitro benzene ring substituents is 1. The average molecular weight is 293 g/mol. The van der Waals surface area contributed by atoms with Crippen LogP contribution in [0.15, 0.2) is 18.2 Å². The van der Waals surface area contributed by atoms with Crippen molar-refractivity contribution in [2.75, 3.05) is 12.4 Å².